The fourth-order valence-electron chi connectivity index (χ4n) is 3.42. The SMILES string of the molecule is CCOc1ccc(C(C)=O)cc1CSc1nnc2c3ccccc3n(CC)c2n1. The fraction of sp³-hybridized carbons (Fsp3) is 0.273. The molecule has 0 saturated heterocycles. The van der Waals surface area contributed by atoms with Gasteiger partial charge in [-0.2, -0.15) is 0 Å². The number of aromatic nitrogens is 4. The molecule has 2 aromatic carbocycles. The summed E-state index contributed by atoms with van der Waals surface area (Å²) in [5.74, 6) is 1.41. The molecule has 0 saturated carbocycles. The Hall–Kier alpha value is -2.93. The van der Waals surface area contributed by atoms with Crippen LogP contribution in [0, 0.1) is 0 Å². The molecule has 7 heteroatoms. The highest BCUT2D eigenvalue weighted by atomic mass is 32.2. The number of benzene rings is 2. The van der Waals surface area contributed by atoms with Crippen LogP contribution in [-0.4, -0.2) is 32.1 Å². The Bertz CT molecular complexity index is 1200. The lowest BCUT2D eigenvalue weighted by Gasteiger charge is -2.11. The van der Waals surface area contributed by atoms with Crippen LogP contribution < -0.4 is 4.74 Å². The van der Waals surface area contributed by atoms with Gasteiger partial charge in [0.05, 0.1) is 12.1 Å². The number of hydrogen-bond acceptors (Lipinski definition) is 6. The Morgan fingerprint density at radius 3 is 2.72 bits per heavy atom. The summed E-state index contributed by atoms with van der Waals surface area (Å²) in [5, 5.41) is 10.5. The first kappa shape index (κ1) is 19.4. The Morgan fingerprint density at radius 1 is 1.14 bits per heavy atom. The van der Waals surface area contributed by atoms with E-state index < -0.39 is 0 Å². The van der Waals surface area contributed by atoms with Crippen molar-refractivity contribution in [3.8, 4) is 5.75 Å². The molecule has 0 spiro atoms. The molecule has 0 bridgehead atoms. The van der Waals surface area contributed by atoms with Crippen molar-refractivity contribution in [2.45, 2.75) is 38.2 Å². The van der Waals surface area contributed by atoms with Crippen LogP contribution in [0.3, 0.4) is 0 Å². The van der Waals surface area contributed by atoms with E-state index in [1.165, 1.54) is 11.8 Å². The maximum atomic E-state index is 11.8. The Kier molecular flexibility index (Phi) is 5.49. The van der Waals surface area contributed by atoms with E-state index in [1.54, 1.807) is 13.0 Å². The highest BCUT2D eigenvalue weighted by molar-refractivity contribution is 7.98. The van der Waals surface area contributed by atoms with Gasteiger partial charge < -0.3 is 9.30 Å². The topological polar surface area (TPSA) is 69.9 Å². The van der Waals surface area contributed by atoms with Crippen LogP contribution in [0.4, 0.5) is 0 Å². The first-order valence-electron chi connectivity index (χ1n) is 9.63. The molecule has 29 heavy (non-hydrogen) atoms. The van der Waals surface area contributed by atoms with E-state index in [2.05, 4.69) is 33.8 Å². The van der Waals surface area contributed by atoms with Crippen LogP contribution in [-0.2, 0) is 12.3 Å². The number of thioether (sulfide) groups is 1. The van der Waals surface area contributed by atoms with E-state index in [9.17, 15) is 4.79 Å². The highest BCUT2D eigenvalue weighted by Gasteiger charge is 2.15. The molecule has 0 unspecified atom stereocenters. The predicted octanol–water partition coefficient (Wildman–Crippen LogP) is 4.89. The maximum Gasteiger partial charge on any atom is 0.211 e. The molecule has 0 radical (unpaired) electrons. The number of carbonyl (C=O) groups is 1. The summed E-state index contributed by atoms with van der Waals surface area (Å²) in [4.78, 5) is 16.5. The van der Waals surface area contributed by atoms with Crippen LogP contribution >= 0.6 is 11.8 Å². The van der Waals surface area contributed by atoms with Gasteiger partial charge in [-0.15, -0.1) is 10.2 Å². The maximum absolute atomic E-state index is 11.8. The molecule has 2 heterocycles. The van der Waals surface area contributed by atoms with Gasteiger partial charge in [0.2, 0.25) is 5.16 Å². The smallest absolute Gasteiger partial charge is 0.211 e. The normalized spacial score (nSPS) is 11.3. The van der Waals surface area contributed by atoms with Crippen LogP contribution in [0.15, 0.2) is 47.6 Å². The summed E-state index contributed by atoms with van der Waals surface area (Å²) >= 11 is 1.49. The van der Waals surface area contributed by atoms with Crippen molar-refractivity contribution < 1.29 is 9.53 Å². The minimum absolute atomic E-state index is 0.0334. The molecular formula is C22H22N4O2S. The lowest BCUT2D eigenvalue weighted by molar-refractivity contribution is 0.101. The highest BCUT2D eigenvalue weighted by Crippen LogP contribution is 2.30. The average Bonchev–Trinajstić information content (AvgIpc) is 3.06. The third-order valence-electron chi connectivity index (χ3n) is 4.79. The zero-order valence-corrected chi connectivity index (χ0v) is 17.5. The molecule has 4 aromatic rings. The van der Waals surface area contributed by atoms with E-state index in [-0.39, 0.29) is 5.78 Å². The molecule has 0 aliphatic heterocycles. The number of rotatable bonds is 7. The van der Waals surface area contributed by atoms with Gasteiger partial charge in [0.1, 0.15) is 11.3 Å². The summed E-state index contributed by atoms with van der Waals surface area (Å²) in [6.45, 7) is 6.99. The summed E-state index contributed by atoms with van der Waals surface area (Å²) < 4.78 is 7.88. The Morgan fingerprint density at radius 2 is 1.97 bits per heavy atom. The van der Waals surface area contributed by atoms with Gasteiger partial charge >= 0.3 is 0 Å². The summed E-state index contributed by atoms with van der Waals surface area (Å²) in [6, 6.07) is 13.7. The van der Waals surface area contributed by atoms with Gasteiger partial charge in [-0.3, -0.25) is 4.79 Å². The second kappa shape index (κ2) is 8.21. The zero-order chi connectivity index (χ0) is 20.4. The lowest BCUT2D eigenvalue weighted by atomic mass is 10.1. The largest absolute Gasteiger partial charge is 0.494 e. The van der Waals surface area contributed by atoms with Crippen LogP contribution in [0.1, 0.15) is 36.7 Å². The van der Waals surface area contributed by atoms with Crippen LogP contribution in [0.5, 0.6) is 5.75 Å². The van der Waals surface area contributed by atoms with E-state index >= 15 is 0 Å². The first-order valence-corrected chi connectivity index (χ1v) is 10.6. The van der Waals surface area contributed by atoms with Gasteiger partial charge in [-0.05, 0) is 45.0 Å². The molecule has 0 atom stereocenters. The van der Waals surface area contributed by atoms with Gasteiger partial charge in [0, 0.05) is 28.8 Å². The van der Waals surface area contributed by atoms with Gasteiger partial charge in [0.15, 0.2) is 11.4 Å². The van der Waals surface area contributed by atoms with Crippen molar-refractivity contribution in [1.29, 1.82) is 0 Å². The summed E-state index contributed by atoms with van der Waals surface area (Å²) in [7, 11) is 0. The minimum atomic E-state index is 0.0334. The summed E-state index contributed by atoms with van der Waals surface area (Å²) in [5.41, 5.74) is 4.39. The summed E-state index contributed by atoms with van der Waals surface area (Å²) in [6.07, 6.45) is 0. The van der Waals surface area contributed by atoms with Crippen molar-refractivity contribution in [3.05, 3.63) is 53.6 Å². The quantitative estimate of drug-likeness (QED) is 0.321. The number of fused-ring (bicyclic) bond motifs is 3. The predicted molar refractivity (Wildman–Crippen MR) is 116 cm³/mol. The van der Waals surface area contributed by atoms with Gasteiger partial charge in [-0.1, -0.05) is 30.0 Å². The number of carbonyl (C=O) groups excluding carboxylic acids is 1. The van der Waals surface area contributed by atoms with E-state index in [0.717, 1.165) is 39.9 Å². The van der Waals surface area contributed by atoms with Crippen LogP contribution in [0.25, 0.3) is 22.1 Å². The first-order chi connectivity index (χ1) is 14.1. The van der Waals surface area contributed by atoms with E-state index in [0.29, 0.717) is 23.1 Å². The monoisotopic (exact) mass is 406 g/mol. The van der Waals surface area contributed by atoms with Crippen molar-refractivity contribution in [2.24, 2.45) is 0 Å². The number of aryl methyl sites for hydroxylation is 1. The number of nitrogens with zero attached hydrogens (tertiary/aromatic N) is 4. The Labute approximate surface area is 173 Å². The minimum Gasteiger partial charge on any atom is -0.494 e. The molecular weight excluding hydrogens is 384 g/mol. The van der Waals surface area contributed by atoms with Gasteiger partial charge in [0.25, 0.3) is 0 Å². The lowest BCUT2D eigenvalue weighted by Crippen LogP contribution is -2.01. The molecule has 4 rings (SSSR count). The molecule has 0 N–H and O–H groups in total. The number of ketones is 1. The van der Waals surface area contributed by atoms with Gasteiger partial charge in [-0.25, -0.2) is 4.98 Å². The molecule has 0 aliphatic rings. The third kappa shape index (κ3) is 3.70. The van der Waals surface area contributed by atoms with Crippen molar-refractivity contribution in [3.63, 3.8) is 0 Å². The second-order valence-corrected chi connectivity index (χ2v) is 7.57. The molecule has 0 amide bonds. The fourth-order valence-corrected chi connectivity index (χ4v) is 4.18. The molecule has 0 fully saturated rings. The Balaban J connectivity index is 1.68. The molecule has 148 valence electrons. The number of ether oxygens (including phenoxy) is 1. The van der Waals surface area contributed by atoms with Crippen LogP contribution in [0.2, 0.25) is 0 Å². The van der Waals surface area contributed by atoms with Crippen molar-refractivity contribution in [2.75, 3.05) is 6.61 Å². The van der Waals surface area contributed by atoms with E-state index in [1.807, 2.05) is 31.2 Å². The molecule has 0 aliphatic carbocycles. The number of hydrogen-bond donors (Lipinski definition) is 0. The third-order valence-corrected chi connectivity index (χ3v) is 5.68. The van der Waals surface area contributed by atoms with Crippen molar-refractivity contribution in [1.82, 2.24) is 19.7 Å². The zero-order valence-electron chi connectivity index (χ0n) is 16.7. The molecule has 2 aromatic heterocycles. The second-order valence-electron chi connectivity index (χ2n) is 6.63. The number of para-hydroxylation sites is 1. The van der Waals surface area contributed by atoms with Crippen molar-refractivity contribution >= 4 is 39.6 Å². The average molecular weight is 407 g/mol. The number of Topliss-reactive ketones (excluding diaryl/α,β-unsaturated/α-hetero) is 1. The molecule has 6 nitrogen and oxygen atoms in total. The standard InChI is InChI=1S/C22H22N4O2S/c1-4-26-18-9-7-6-8-17(18)20-21(26)23-22(25-24-20)29-13-16-12-15(14(3)27)10-11-19(16)28-5-2/h6-12H,4-5,13H2,1-3H3. The van der Waals surface area contributed by atoms with E-state index in [4.69, 9.17) is 9.72 Å².